The van der Waals surface area contributed by atoms with E-state index < -0.39 is 0 Å². The van der Waals surface area contributed by atoms with E-state index in [0.29, 0.717) is 12.8 Å². The van der Waals surface area contributed by atoms with Crippen molar-refractivity contribution in [1.29, 1.82) is 0 Å². The molecule has 0 bridgehead atoms. The number of carbonyl (C=O) groups excluding carboxylic acids is 2. The molecule has 0 aromatic carbocycles. The summed E-state index contributed by atoms with van der Waals surface area (Å²) in [5, 5.41) is 0. The van der Waals surface area contributed by atoms with Crippen molar-refractivity contribution in [3.05, 3.63) is 11.6 Å². The number of hydrogen-bond donors (Lipinski definition) is 0. The van der Waals surface area contributed by atoms with E-state index in [1.165, 1.54) is 70.5 Å². The first-order valence-corrected chi connectivity index (χ1v) is 9.78. The summed E-state index contributed by atoms with van der Waals surface area (Å²) in [6.07, 6.45) is 18.1. The van der Waals surface area contributed by atoms with E-state index in [1.54, 1.807) is 6.92 Å². The van der Waals surface area contributed by atoms with Crippen LogP contribution in [0, 0.1) is 0 Å². The molecule has 0 aliphatic carbocycles. The Morgan fingerprint density at radius 3 is 1.62 bits per heavy atom. The molecule has 0 radical (unpaired) electrons. The molecule has 0 N–H and O–H groups in total. The van der Waals surface area contributed by atoms with Gasteiger partial charge in [0, 0.05) is 12.8 Å². The number of ether oxygens (including phenoxy) is 1. The molecule has 0 aliphatic rings. The van der Waals surface area contributed by atoms with Crippen LogP contribution in [0.1, 0.15) is 104 Å². The summed E-state index contributed by atoms with van der Waals surface area (Å²) in [4.78, 5) is 21.8. The molecule has 0 atom stereocenters. The van der Waals surface area contributed by atoms with Crippen molar-refractivity contribution in [3.8, 4) is 0 Å². The van der Waals surface area contributed by atoms with E-state index in [4.69, 9.17) is 0 Å². The van der Waals surface area contributed by atoms with Crippen LogP contribution in [-0.2, 0) is 14.3 Å². The molecule has 24 heavy (non-hydrogen) atoms. The van der Waals surface area contributed by atoms with Gasteiger partial charge in [-0.15, -0.1) is 0 Å². The Kier molecular flexibility index (Phi) is 15.9. The maximum absolute atomic E-state index is 11.0. The lowest BCUT2D eigenvalue weighted by molar-refractivity contribution is -0.140. The lowest BCUT2D eigenvalue weighted by atomic mass is 10.0. The lowest BCUT2D eigenvalue weighted by Crippen LogP contribution is -1.99. The van der Waals surface area contributed by atoms with E-state index in [0.717, 1.165) is 19.3 Å². The molecule has 3 heteroatoms. The number of unbranched alkanes of at least 4 members (excludes halogenated alkanes) is 9. The Bertz CT molecular complexity index is 358. The fourth-order valence-corrected chi connectivity index (χ4v) is 2.81. The molecule has 0 saturated heterocycles. The molecule has 0 fully saturated rings. The minimum atomic E-state index is -0.0843. The zero-order chi connectivity index (χ0) is 18.0. The minimum absolute atomic E-state index is 0.0843. The van der Waals surface area contributed by atoms with Crippen LogP contribution >= 0.6 is 0 Å². The molecule has 0 heterocycles. The van der Waals surface area contributed by atoms with Gasteiger partial charge in [0.05, 0.1) is 7.11 Å². The van der Waals surface area contributed by atoms with E-state index in [2.05, 4.69) is 17.7 Å². The second kappa shape index (κ2) is 16.7. The van der Waals surface area contributed by atoms with Crippen molar-refractivity contribution in [2.45, 2.75) is 104 Å². The summed E-state index contributed by atoms with van der Waals surface area (Å²) in [5.74, 6) is 0.196. The summed E-state index contributed by atoms with van der Waals surface area (Å²) < 4.78 is 4.63. The molecule has 0 aliphatic heterocycles. The summed E-state index contributed by atoms with van der Waals surface area (Å²) in [6, 6.07) is 0. The standard InChI is InChI=1S/C21H38O3/c1-19(16-14-17-20(2)22)15-12-10-8-6-4-5-7-9-11-13-18-21(23)24-3/h16H,4-15,17-18H2,1-3H3/b19-16+. The van der Waals surface area contributed by atoms with Crippen LogP contribution in [0.5, 0.6) is 0 Å². The molecular formula is C21H38O3. The van der Waals surface area contributed by atoms with Crippen LogP contribution in [0.15, 0.2) is 11.6 Å². The largest absolute Gasteiger partial charge is 0.469 e. The number of methoxy groups -OCH3 is 1. The highest BCUT2D eigenvalue weighted by Crippen LogP contribution is 2.14. The minimum Gasteiger partial charge on any atom is -0.469 e. The van der Waals surface area contributed by atoms with Crippen molar-refractivity contribution in [2.24, 2.45) is 0 Å². The van der Waals surface area contributed by atoms with Crippen LogP contribution in [0.2, 0.25) is 0 Å². The van der Waals surface area contributed by atoms with Gasteiger partial charge in [-0.25, -0.2) is 0 Å². The fraction of sp³-hybridized carbons (Fsp3) is 0.810. The Labute approximate surface area is 149 Å². The third-order valence-electron chi connectivity index (χ3n) is 4.42. The van der Waals surface area contributed by atoms with Gasteiger partial charge in [-0.1, -0.05) is 63.0 Å². The fourth-order valence-electron chi connectivity index (χ4n) is 2.81. The van der Waals surface area contributed by atoms with Gasteiger partial charge in [0.2, 0.25) is 0 Å². The van der Waals surface area contributed by atoms with Crippen molar-refractivity contribution >= 4 is 11.8 Å². The van der Waals surface area contributed by atoms with Gasteiger partial charge < -0.3 is 9.53 Å². The Balaban J connectivity index is 3.25. The first-order valence-electron chi connectivity index (χ1n) is 9.78. The first kappa shape index (κ1) is 22.9. The topological polar surface area (TPSA) is 43.4 Å². The number of esters is 1. The molecule has 0 spiro atoms. The van der Waals surface area contributed by atoms with E-state index >= 15 is 0 Å². The van der Waals surface area contributed by atoms with Crippen LogP contribution in [0.4, 0.5) is 0 Å². The lowest BCUT2D eigenvalue weighted by Gasteiger charge is -2.04. The van der Waals surface area contributed by atoms with Crippen LogP contribution < -0.4 is 0 Å². The molecule has 140 valence electrons. The van der Waals surface area contributed by atoms with Crippen molar-refractivity contribution < 1.29 is 14.3 Å². The Hall–Kier alpha value is -1.12. The molecule has 3 nitrogen and oxygen atoms in total. The highest BCUT2D eigenvalue weighted by Gasteiger charge is 1.99. The Morgan fingerprint density at radius 2 is 1.17 bits per heavy atom. The third kappa shape index (κ3) is 17.2. The second-order valence-electron chi connectivity index (χ2n) is 6.90. The van der Waals surface area contributed by atoms with Gasteiger partial charge >= 0.3 is 5.97 Å². The number of allylic oxidation sites excluding steroid dienone is 2. The molecule has 0 unspecified atom stereocenters. The average molecular weight is 339 g/mol. The van der Waals surface area contributed by atoms with Crippen molar-refractivity contribution in [1.82, 2.24) is 0 Å². The highest BCUT2D eigenvalue weighted by molar-refractivity contribution is 5.75. The molecule has 0 aromatic heterocycles. The van der Waals surface area contributed by atoms with Gasteiger partial charge in [-0.3, -0.25) is 4.79 Å². The van der Waals surface area contributed by atoms with Crippen molar-refractivity contribution in [2.75, 3.05) is 7.11 Å². The smallest absolute Gasteiger partial charge is 0.305 e. The molecule has 0 aromatic rings. The first-order chi connectivity index (χ1) is 11.6. The SMILES string of the molecule is COC(=O)CCCCCCCCCCCC/C(C)=C/CCC(C)=O. The highest BCUT2D eigenvalue weighted by atomic mass is 16.5. The maximum Gasteiger partial charge on any atom is 0.305 e. The van der Waals surface area contributed by atoms with Gasteiger partial charge in [0.1, 0.15) is 5.78 Å². The van der Waals surface area contributed by atoms with Crippen LogP contribution in [0.25, 0.3) is 0 Å². The molecule has 0 saturated carbocycles. The number of ketones is 1. The van der Waals surface area contributed by atoms with Crippen LogP contribution in [0.3, 0.4) is 0 Å². The predicted molar refractivity (Wildman–Crippen MR) is 101 cm³/mol. The number of Topliss-reactive ketones (excluding diaryl/α,β-unsaturated/α-hetero) is 1. The average Bonchev–Trinajstić information content (AvgIpc) is 2.55. The van der Waals surface area contributed by atoms with Crippen LogP contribution in [-0.4, -0.2) is 18.9 Å². The predicted octanol–water partition coefficient (Wildman–Crippen LogP) is 6.16. The van der Waals surface area contributed by atoms with E-state index in [1.807, 2.05) is 0 Å². The number of carbonyl (C=O) groups is 2. The third-order valence-corrected chi connectivity index (χ3v) is 4.42. The quantitative estimate of drug-likeness (QED) is 0.192. The summed E-state index contributed by atoms with van der Waals surface area (Å²) in [6.45, 7) is 3.84. The second-order valence-corrected chi connectivity index (χ2v) is 6.90. The number of rotatable bonds is 16. The summed E-state index contributed by atoms with van der Waals surface area (Å²) in [5.41, 5.74) is 1.43. The molecule has 0 rings (SSSR count). The summed E-state index contributed by atoms with van der Waals surface area (Å²) in [7, 11) is 1.45. The Morgan fingerprint density at radius 1 is 0.708 bits per heavy atom. The van der Waals surface area contributed by atoms with Crippen molar-refractivity contribution in [3.63, 3.8) is 0 Å². The molecular weight excluding hydrogens is 300 g/mol. The van der Waals surface area contributed by atoms with Gasteiger partial charge in [-0.2, -0.15) is 0 Å². The zero-order valence-electron chi connectivity index (χ0n) is 16.2. The normalized spacial score (nSPS) is 11.5. The van der Waals surface area contributed by atoms with Gasteiger partial charge in [0.15, 0.2) is 0 Å². The molecule has 0 amide bonds. The van der Waals surface area contributed by atoms with E-state index in [-0.39, 0.29) is 11.8 Å². The van der Waals surface area contributed by atoms with Gasteiger partial charge in [-0.05, 0) is 39.5 Å². The zero-order valence-corrected chi connectivity index (χ0v) is 16.2. The summed E-state index contributed by atoms with van der Waals surface area (Å²) >= 11 is 0. The van der Waals surface area contributed by atoms with E-state index in [9.17, 15) is 9.59 Å². The monoisotopic (exact) mass is 338 g/mol. The maximum atomic E-state index is 11.0. The van der Waals surface area contributed by atoms with Gasteiger partial charge in [0.25, 0.3) is 0 Å². The number of hydrogen-bond acceptors (Lipinski definition) is 3.